The molecule has 0 aliphatic carbocycles. The van der Waals surface area contributed by atoms with Gasteiger partial charge in [-0.15, -0.1) is 0 Å². The Labute approximate surface area is 75.9 Å². The van der Waals surface area contributed by atoms with Crippen LogP contribution in [0.4, 0.5) is 5.69 Å². The van der Waals surface area contributed by atoms with Crippen molar-refractivity contribution >= 4 is 5.69 Å². The Morgan fingerprint density at radius 3 is 2.46 bits per heavy atom. The standard InChI is InChI=1S/C8H11N3O2/c1-9-10-6-7-2-4-8(5-3-7)11(12)13/h2-5,9-10H,6H2,1H3. The molecule has 0 saturated heterocycles. The van der Waals surface area contributed by atoms with Gasteiger partial charge in [0.15, 0.2) is 0 Å². The van der Waals surface area contributed by atoms with Crippen molar-refractivity contribution in [2.45, 2.75) is 6.54 Å². The quantitative estimate of drug-likeness (QED) is 0.533. The average Bonchev–Trinajstić information content (AvgIpc) is 2.15. The normalized spacial score (nSPS) is 9.92. The number of hydrazine groups is 1. The molecule has 1 aromatic rings. The number of nitrogens with zero attached hydrogens (tertiary/aromatic N) is 1. The molecular formula is C8H11N3O2. The number of hydrogen-bond acceptors (Lipinski definition) is 4. The third kappa shape index (κ3) is 2.81. The number of non-ortho nitro benzene ring substituents is 1. The van der Waals surface area contributed by atoms with Crippen LogP contribution in [0.2, 0.25) is 0 Å². The van der Waals surface area contributed by atoms with Crippen LogP contribution in [0.3, 0.4) is 0 Å². The van der Waals surface area contributed by atoms with E-state index in [0.717, 1.165) is 5.56 Å². The number of nitro groups is 1. The van der Waals surface area contributed by atoms with Crippen molar-refractivity contribution in [2.75, 3.05) is 7.05 Å². The lowest BCUT2D eigenvalue weighted by Gasteiger charge is -2.01. The third-order valence-corrected chi connectivity index (χ3v) is 1.62. The van der Waals surface area contributed by atoms with E-state index in [1.807, 2.05) is 0 Å². The lowest BCUT2D eigenvalue weighted by molar-refractivity contribution is -0.384. The Hall–Kier alpha value is -1.46. The summed E-state index contributed by atoms with van der Waals surface area (Å²) in [6, 6.07) is 6.43. The molecule has 0 radical (unpaired) electrons. The van der Waals surface area contributed by atoms with Gasteiger partial charge in [0.25, 0.3) is 5.69 Å². The monoisotopic (exact) mass is 181 g/mol. The minimum atomic E-state index is -0.407. The lowest BCUT2D eigenvalue weighted by Crippen LogP contribution is -2.26. The van der Waals surface area contributed by atoms with Gasteiger partial charge in [0.2, 0.25) is 0 Å². The van der Waals surface area contributed by atoms with Gasteiger partial charge in [-0.2, -0.15) is 0 Å². The molecule has 70 valence electrons. The lowest BCUT2D eigenvalue weighted by atomic mass is 10.2. The van der Waals surface area contributed by atoms with Crippen molar-refractivity contribution in [1.29, 1.82) is 0 Å². The van der Waals surface area contributed by atoms with Crippen LogP contribution in [0.25, 0.3) is 0 Å². The summed E-state index contributed by atoms with van der Waals surface area (Å²) in [6.07, 6.45) is 0. The highest BCUT2D eigenvalue weighted by atomic mass is 16.6. The molecule has 5 nitrogen and oxygen atoms in total. The van der Waals surface area contributed by atoms with Gasteiger partial charge < -0.3 is 0 Å². The largest absolute Gasteiger partial charge is 0.269 e. The molecule has 0 fully saturated rings. The van der Waals surface area contributed by atoms with Gasteiger partial charge in [0, 0.05) is 18.7 Å². The average molecular weight is 181 g/mol. The fourth-order valence-corrected chi connectivity index (χ4v) is 0.926. The molecule has 1 rings (SSSR count). The Bertz CT molecular complexity index is 284. The molecule has 0 amide bonds. The van der Waals surface area contributed by atoms with Crippen LogP contribution >= 0.6 is 0 Å². The van der Waals surface area contributed by atoms with Gasteiger partial charge in [0.05, 0.1) is 4.92 Å². The second-order valence-electron chi connectivity index (χ2n) is 2.53. The molecule has 1 aromatic carbocycles. The summed E-state index contributed by atoms with van der Waals surface area (Å²) in [5.41, 5.74) is 6.78. The van der Waals surface area contributed by atoms with E-state index in [1.165, 1.54) is 12.1 Å². The number of nitrogens with one attached hydrogen (secondary N) is 2. The van der Waals surface area contributed by atoms with Gasteiger partial charge >= 0.3 is 0 Å². The van der Waals surface area contributed by atoms with Crippen LogP contribution in [0.15, 0.2) is 24.3 Å². The Morgan fingerprint density at radius 2 is 2.00 bits per heavy atom. The third-order valence-electron chi connectivity index (χ3n) is 1.62. The van der Waals surface area contributed by atoms with E-state index in [-0.39, 0.29) is 5.69 Å². The summed E-state index contributed by atoms with van der Waals surface area (Å²) in [5.74, 6) is 0. The molecule has 5 heteroatoms. The van der Waals surface area contributed by atoms with Crippen molar-refractivity contribution in [3.8, 4) is 0 Å². The van der Waals surface area contributed by atoms with Crippen molar-refractivity contribution in [3.63, 3.8) is 0 Å². The zero-order chi connectivity index (χ0) is 9.68. The smallest absolute Gasteiger partial charge is 0.261 e. The summed E-state index contributed by atoms with van der Waals surface area (Å²) in [4.78, 5) is 9.90. The van der Waals surface area contributed by atoms with Gasteiger partial charge in [0.1, 0.15) is 0 Å². The zero-order valence-corrected chi connectivity index (χ0v) is 7.28. The maximum absolute atomic E-state index is 10.3. The number of benzene rings is 1. The highest BCUT2D eigenvalue weighted by Crippen LogP contribution is 2.11. The first-order chi connectivity index (χ1) is 6.24. The van der Waals surface area contributed by atoms with Crippen LogP contribution in [-0.4, -0.2) is 12.0 Å². The molecule has 0 atom stereocenters. The highest BCUT2D eigenvalue weighted by molar-refractivity contribution is 5.32. The molecule has 0 aliphatic rings. The summed E-state index contributed by atoms with van der Waals surface area (Å²) in [5, 5.41) is 10.3. The predicted octanol–water partition coefficient (Wildman–Crippen LogP) is 0.819. The van der Waals surface area contributed by atoms with Crippen LogP contribution in [-0.2, 0) is 6.54 Å². The number of hydrogen-bond donors (Lipinski definition) is 2. The van der Waals surface area contributed by atoms with E-state index in [2.05, 4.69) is 10.9 Å². The van der Waals surface area contributed by atoms with Crippen molar-refractivity contribution in [3.05, 3.63) is 39.9 Å². The van der Waals surface area contributed by atoms with E-state index >= 15 is 0 Å². The molecule has 0 bridgehead atoms. The van der Waals surface area contributed by atoms with E-state index in [4.69, 9.17) is 0 Å². The Kier molecular flexibility index (Phi) is 3.36. The molecule has 0 aromatic heterocycles. The minimum Gasteiger partial charge on any atom is -0.261 e. The maximum atomic E-state index is 10.3. The number of rotatable bonds is 4. The first-order valence-corrected chi connectivity index (χ1v) is 3.87. The van der Waals surface area contributed by atoms with Crippen LogP contribution in [0, 0.1) is 10.1 Å². The summed E-state index contributed by atoms with van der Waals surface area (Å²) >= 11 is 0. The highest BCUT2D eigenvalue weighted by Gasteiger charge is 2.02. The van der Waals surface area contributed by atoms with Gasteiger partial charge in [-0.1, -0.05) is 12.1 Å². The first-order valence-electron chi connectivity index (χ1n) is 3.87. The SMILES string of the molecule is CNNCc1ccc([N+](=O)[O-])cc1. The molecule has 0 saturated carbocycles. The molecular weight excluding hydrogens is 170 g/mol. The fourth-order valence-electron chi connectivity index (χ4n) is 0.926. The molecule has 0 unspecified atom stereocenters. The van der Waals surface area contributed by atoms with Crippen LogP contribution in [0.5, 0.6) is 0 Å². The fraction of sp³-hybridized carbons (Fsp3) is 0.250. The Morgan fingerprint density at radius 1 is 1.38 bits per heavy atom. The summed E-state index contributed by atoms with van der Waals surface area (Å²) < 4.78 is 0. The second-order valence-corrected chi connectivity index (χ2v) is 2.53. The van der Waals surface area contributed by atoms with Crippen molar-refractivity contribution in [2.24, 2.45) is 0 Å². The summed E-state index contributed by atoms with van der Waals surface area (Å²) in [7, 11) is 1.77. The predicted molar refractivity (Wildman–Crippen MR) is 49.0 cm³/mol. The summed E-state index contributed by atoms with van der Waals surface area (Å²) in [6.45, 7) is 0.647. The molecule has 13 heavy (non-hydrogen) atoms. The Balaban J connectivity index is 2.64. The van der Waals surface area contributed by atoms with E-state index in [1.54, 1.807) is 19.2 Å². The van der Waals surface area contributed by atoms with Crippen LogP contribution in [0.1, 0.15) is 5.56 Å². The van der Waals surface area contributed by atoms with E-state index < -0.39 is 4.92 Å². The van der Waals surface area contributed by atoms with Crippen molar-refractivity contribution < 1.29 is 4.92 Å². The van der Waals surface area contributed by atoms with Gasteiger partial charge in [-0.05, 0) is 12.6 Å². The molecule has 2 N–H and O–H groups in total. The van der Waals surface area contributed by atoms with Crippen molar-refractivity contribution in [1.82, 2.24) is 10.9 Å². The van der Waals surface area contributed by atoms with Gasteiger partial charge in [-0.25, -0.2) is 0 Å². The van der Waals surface area contributed by atoms with Crippen LogP contribution < -0.4 is 10.9 Å². The molecule has 0 aliphatic heterocycles. The van der Waals surface area contributed by atoms with E-state index in [0.29, 0.717) is 6.54 Å². The van der Waals surface area contributed by atoms with E-state index in [9.17, 15) is 10.1 Å². The number of nitro benzene ring substituents is 1. The minimum absolute atomic E-state index is 0.119. The second kappa shape index (κ2) is 4.54. The first kappa shape index (κ1) is 9.63. The molecule has 0 spiro atoms. The zero-order valence-electron chi connectivity index (χ0n) is 7.28. The van der Waals surface area contributed by atoms with Gasteiger partial charge in [-0.3, -0.25) is 21.0 Å². The topological polar surface area (TPSA) is 67.2 Å². The maximum Gasteiger partial charge on any atom is 0.269 e. The molecule has 0 heterocycles.